The van der Waals surface area contributed by atoms with E-state index in [2.05, 4.69) is 5.32 Å². The van der Waals surface area contributed by atoms with Crippen molar-refractivity contribution >= 4 is 6.09 Å². The summed E-state index contributed by atoms with van der Waals surface area (Å²) in [5, 5.41) is 3.68. The van der Waals surface area contributed by atoms with Gasteiger partial charge in [0.1, 0.15) is 5.60 Å². The normalized spacial score (nSPS) is 28.4. The lowest BCUT2D eigenvalue weighted by Crippen LogP contribution is -2.42. The lowest BCUT2D eigenvalue weighted by Gasteiger charge is -2.26. The van der Waals surface area contributed by atoms with Crippen molar-refractivity contribution in [3.05, 3.63) is 0 Å². The van der Waals surface area contributed by atoms with Gasteiger partial charge in [0.25, 0.3) is 0 Å². The zero-order valence-corrected chi connectivity index (χ0v) is 14.3. The van der Waals surface area contributed by atoms with Gasteiger partial charge in [0, 0.05) is 32.3 Å². The molecule has 1 aliphatic heterocycles. The Morgan fingerprint density at radius 2 is 2.00 bits per heavy atom. The SMILES string of the molecule is COCC(CCCN)NC1C2CN(C(=O)OC(C)(C)C)CC21. The van der Waals surface area contributed by atoms with Crippen LogP contribution in [0.2, 0.25) is 0 Å². The van der Waals surface area contributed by atoms with Crippen molar-refractivity contribution in [1.29, 1.82) is 0 Å². The Hall–Kier alpha value is -0.850. The molecule has 0 bridgehead atoms. The summed E-state index contributed by atoms with van der Waals surface area (Å²) in [6.07, 6.45) is 1.86. The van der Waals surface area contributed by atoms with E-state index in [1.165, 1.54) is 0 Å². The van der Waals surface area contributed by atoms with Crippen LogP contribution in [-0.2, 0) is 9.47 Å². The number of nitrogens with two attached hydrogens (primary N) is 1. The number of piperidine rings is 1. The van der Waals surface area contributed by atoms with Crippen LogP contribution in [0.4, 0.5) is 4.79 Å². The Morgan fingerprint density at radius 3 is 2.50 bits per heavy atom. The summed E-state index contributed by atoms with van der Waals surface area (Å²) in [7, 11) is 1.73. The lowest BCUT2D eigenvalue weighted by atomic mass is 10.1. The number of fused-ring (bicyclic) bond motifs is 1. The first-order valence-corrected chi connectivity index (χ1v) is 8.28. The highest BCUT2D eigenvalue weighted by atomic mass is 16.6. The van der Waals surface area contributed by atoms with Crippen LogP contribution in [0.15, 0.2) is 0 Å². The van der Waals surface area contributed by atoms with Crippen LogP contribution in [0.3, 0.4) is 0 Å². The largest absolute Gasteiger partial charge is 0.444 e. The molecule has 22 heavy (non-hydrogen) atoms. The molecular weight excluding hydrogens is 282 g/mol. The fourth-order valence-electron chi connectivity index (χ4n) is 3.30. The van der Waals surface area contributed by atoms with Gasteiger partial charge in [-0.2, -0.15) is 0 Å². The second-order valence-corrected chi connectivity index (χ2v) is 7.49. The molecule has 0 aromatic heterocycles. The number of ether oxygens (including phenoxy) is 2. The topological polar surface area (TPSA) is 76.8 Å². The predicted octanol–water partition coefficient (Wildman–Crippen LogP) is 1.20. The van der Waals surface area contributed by atoms with Crippen molar-refractivity contribution in [2.45, 2.75) is 51.3 Å². The molecule has 1 saturated heterocycles. The van der Waals surface area contributed by atoms with E-state index in [1.54, 1.807) is 7.11 Å². The maximum atomic E-state index is 12.0. The number of carbonyl (C=O) groups excluding carboxylic acids is 1. The van der Waals surface area contributed by atoms with Gasteiger partial charge < -0.3 is 25.4 Å². The molecule has 3 N–H and O–H groups in total. The van der Waals surface area contributed by atoms with E-state index in [-0.39, 0.29) is 6.09 Å². The lowest BCUT2D eigenvalue weighted by molar-refractivity contribution is 0.0267. The number of methoxy groups -OCH3 is 1. The maximum Gasteiger partial charge on any atom is 0.410 e. The van der Waals surface area contributed by atoms with Crippen LogP contribution in [-0.4, -0.2) is 62.0 Å². The third kappa shape index (κ3) is 4.57. The highest BCUT2D eigenvalue weighted by molar-refractivity contribution is 5.69. The van der Waals surface area contributed by atoms with Crippen molar-refractivity contribution in [2.24, 2.45) is 17.6 Å². The van der Waals surface area contributed by atoms with Gasteiger partial charge in [-0.3, -0.25) is 0 Å². The number of nitrogens with zero attached hydrogens (tertiary/aromatic N) is 1. The summed E-state index contributed by atoms with van der Waals surface area (Å²) in [6, 6.07) is 0.871. The van der Waals surface area contributed by atoms with Crippen molar-refractivity contribution in [3.63, 3.8) is 0 Å². The molecule has 128 valence electrons. The van der Waals surface area contributed by atoms with Crippen molar-refractivity contribution in [3.8, 4) is 0 Å². The molecule has 0 radical (unpaired) electrons. The van der Waals surface area contributed by atoms with Gasteiger partial charge in [-0.25, -0.2) is 4.79 Å². The molecular formula is C16H31N3O3. The molecule has 1 aliphatic carbocycles. The zero-order valence-electron chi connectivity index (χ0n) is 14.3. The number of likely N-dealkylation sites (tertiary alicyclic amines) is 1. The quantitative estimate of drug-likeness (QED) is 0.738. The minimum atomic E-state index is -0.423. The zero-order chi connectivity index (χ0) is 16.3. The number of nitrogens with one attached hydrogen (secondary N) is 1. The Morgan fingerprint density at radius 1 is 1.36 bits per heavy atom. The summed E-state index contributed by atoms with van der Waals surface area (Å²) in [4.78, 5) is 13.9. The average Bonchev–Trinajstić information content (AvgIpc) is 2.85. The summed E-state index contributed by atoms with van der Waals surface area (Å²) in [5.41, 5.74) is 5.16. The number of hydrogen-bond donors (Lipinski definition) is 2. The summed E-state index contributed by atoms with van der Waals surface area (Å²) in [6.45, 7) is 8.73. The van der Waals surface area contributed by atoms with Crippen molar-refractivity contribution in [2.75, 3.05) is 33.4 Å². The third-order valence-corrected chi connectivity index (χ3v) is 4.40. The third-order valence-electron chi connectivity index (χ3n) is 4.40. The van der Waals surface area contributed by atoms with E-state index >= 15 is 0 Å². The Bertz CT molecular complexity index is 371. The second kappa shape index (κ2) is 7.15. The van der Waals surface area contributed by atoms with Crippen LogP contribution in [0, 0.1) is 11.8 Å². The highest BCUT2D eigenvalue weighted by Crippen LogP contribution is 2.46. The summed E-state index contributed by atoms with van der Waals surface area (Å²) < 4.78 is 10.7. The van der Waals surface area contributed by atoms with Gasteiger partial charge in [-0.05, 0) is 52.0 Å². The summed E-state index contributed by atoms with van der Waals surface area (Å²) in [5.74, 6) is 1.12. The van der Waals surface area contributed by atoms with E-state index in [4.69, 9.17) is 15.2 Å². The number of rotatable bonds is 7. The first-order chi connectivity index (χ1) is 10.4. The molecule has 1 saturated carbocycles. The standard InChI is InChI=1S/C16H31N3O3/c1-16(2,3)22-15(20)19-8-12-13(9-19)14(12)18-11(10-21-4)6-5-7-17/h11-14,18H,5-10,17H2,1-4H3. The molecule has 2 aliphatic rings. The Balaban J connectivity index is 1.74. The van der Waals surface area contributed by atoms with Gasteiger partial charge in [0.15, 0.2) is 0 Å². The van der Waals surface area contributed by atoms with Crippen LogP contribution in [0.1, 0.15) is 33.6 Å². The minimum Gasteiger partial charge on any atom is -0.444 e. The second-order valence-electron chi connectivity index (χ2n) is 7.49. The highest BCUT2D eigenvalue weighted by Gasteiger charge is 2.57. The molecule has 3 unspecified atom stereocenters. The van der Waals surface area contributed by atoms with Gasteiger partial charge in [-0.15, -0.1) is 0 Å². The molecule has 0 aromatic rings. The van der Waals surface area contributed by atoms with Crippen molar-refractivity contribution < 1.29 is 14.3 Å². The number of carbonyl (C=O) groups is 1. The Kier molecular flexibility index (Phi) is 5.69. The van der Waals surface area contributed by atoms with Crippen molar-refractivity contribution in [1.82, 2.24) is 10.2 Å². The van der Waals surface area contributed by atoms with E-state index in [0.29, 0.717) is 37.1 Å². The smallest absolute Gasteiger partial charge is 0.410 e. The van der Waals surface area contributed by atoms with Crippen LogP contribution in [0.25, 0.3) is 0 Å². The molecule has 2 rings (SSSR count). The molecule has 6 nitrogen and oxygen atoms in total. The molecule has 1 heterocycles. The summed E-state index contributed by atoms with van der Waals surface area (Å²) >= 11 is 0. The number of amides is 1. The molecule has 2 fully saturated rings. The Labute approximate surface area is 133 Å². The van der Waals surface area contributed by atoms with Crippen LogP contribution in [0.5, 0.6) is 0 Å². The minimum absolute atomic E-state index is 0.185. The van der Waals surface area contributed by atoms with Gasteiger partial charge in [-0.1, -0.05) is 0 Å². The van der Waals surface area contributed by atoms with E-state index in [1.807, 2.05) is 25.7 Å². The first kappa shape index (κ1) is 17.5. The first-order valence-electron chi connectivity index (χ1n) is 8.28. The molecule has 1 amide bonds. The van der Waals surface area contributed by atoms with Crippen LogP contribution < -0.4 is 11.1 Å². The number of hydrogen-bond acceptors (Lipinski definition) is 5. The van der Waals surface area contributed by atoms with E-state index in [0.717, 1.165) is 25.9 Å². The maximum absolute atomic E-state index is 12.0. The van der Waals surface area contributed by atoms with E-state index < -0.39 is 5.60 Å². The van der Waals surface area contributed by atoms with E-state index in [9.17, 15) is 4.79 Å². The van der Waals surface area contributed by atoms with Gasteiger partial charge >= 0.3 is 6.09 Å². The molecule has 3 atom stereocenters. The van der Waals surface area contributed by atoms with Gasteiger partial charge in [0.05, 0.1) is 6.61 Å². The van der Waals surface area contributed by atoms with Crippen LogP contribution >= 0.6 is 0 Å². The fourth-order valence-corrected chi connectivity index (χ4v) is 3.30. The average molecular weight is 313 g/mol. The fraction of sp³-hybridized carbons (Fsp3) is 0.938. The van der Waals surface area contributed by atoms with Gasteiger partial charge in [0.2, 0.25) is 0 Å². The molecule has 0 spiro atoms. The monoisotopic (exact) mass is 313 g/mol. The predicted molar refractivity (Wildman–Crippen MR) is 85.7 cm³/mol. The molecule has 0 aromatic carbocycles. The molecule has 6 heteroatoms.